The zero-order chi connectivity index (χ0) is 12.9. The number of fused-ring (bicyclic) bond motifs is 2. The third-order valence-electron chi connectivity index (χ3n) is 2.95. The lowest BCUT2D eigenvalue weighted by atomic mass is 10.1. The van der Waals surface area contributed by atoms with Crippen LogP contribution in [0.5, 0.6) is 0 Å². The summed E-state index contributed by atoms with van der Waals surface area (Å²) in [5.74, 6) is 0. The van der Waals surface area contributed by atoms with Crippen LogP contribution in [-0.2, 0) is 6.42 Å². The molecule has 0 bridgehead atoms. The monoisotopic (exact) mass is 266 g/mol. The number of anilines is 1. The predicted octanol–water partition coefficient (Wildman–Crippen LogP) is 4.46. The fraction of sp³-hybridized carbons (Fsp3) is 0.0625. The highest BCUT2D eigenvalue weighted by Crippen LogP contribution is 2.18. The first kappa shape index (κ1) is 11.9. The van der Waals surface area contributed by atoms with Crippen LogP contribution in [0.25, 0.3) is 10.2 Å². The van der Waals surface area contributed by atoms with Gasteiger partial charge < -0.3 is 5.32 Å². The quantitative estimate of drug-likeness (QED) is 0.649. The lowest BCUT2D eigenvalue weighted by Crippen LogP contribution is -1.98. The zero-order valence-electron chi connectivity index (χ0n) is 10.4. The van der Waals surface area contributed by atoms with Crippen LogP contribution in [0.4, 0.5) is 5.69 Å². The van der Waals surface area contributed by atoms with Gasteiger partial charge in [-0.1, -0.05) is 36.4 Å². The Labute approximate surface area is 116 Å². The van der Waals surface area contributed by atoms with E-state index in [0.29, 0.717) is 0 Å². The van der Waals surface area contributed by atoms with Crippen molar-refractivity contribution in [3.05, 3.63) is 71.9 Å². The van der Waals surface area contributed by atoms with Gasteiger partial charge in [-0.25, -0.2) is 4.98 Å². The Hall–Kier alpha value is -2.13. The molecule has 0 atom stereocenters. The van der Waals surface area contributed by atoms with E-state index < -0.39 is 0 Å². The van der Waals surface area contributed by atoms with Gasteiger partial charge in [0.25, 0.3) is 0 Å². The van der Waals surface area contributed by atoms with Gasteiger partial charge in [-0.15, -0.1) is 11.3 Å². The summed E-state index contributed by atoms with van der Waals surface area (Å²) in [7, 11) is 0. The number of rotatable bonds is 0. The fourth-order valence-corrected chi connectivity index (χ4v) is 2.66. The maximum absolute atomic E-state index is 4.14. The van der Waals surface area contributed by atoms with Gasteiger partial charge in [0.2, 0.25) is 0 Å². The van der Waals surface area contributed by atoms with Crippen molar-refractivity contribution in [2.75, 3.05) is 5.32 Å². The van der Waals surface area contributed by atoms with Crippen molar-refractivity contribution in [2.45, 2.75) is 6.42 Å². The summed E-state index contributed by atoms with van der Waals surface area (Å²) in [4.78, 5) is 4.14. The van der Waals surface area contributed by atoms with Gasteiger partial charge in [0.05, 0.1) is 15.7 Å². The zero-order valence-corrected chi connectivity index (χ0v) is 11.2. The van der Waals surface area contributed by atoms with E-state index >= 15 is 0 Å². The van der Waals surface area contributed by atoms with E-state index in [1.54, 1.807) is 11.3 Å². The second-order valence-electron chi connectivity index (χ2n) is 4.23. The lowest BCUT2D eigenvalue weighted by Gasteiger charge is -2.10. The molecule has 1 aliphatic heterocycles. The summed E-state index contributed by atoms with van der Waals surface area (Å²) in [5.41, 5.74) is 5.59. The largest absolute Gasteiger partial charge is 0.362 e. The molecule has 0 saturated carbocycles. The summed E-state index contributed by atoms with van der Waals surface area (Å²) in [5, 5.41) is 3.18. The number of allylic oxidation sites excluding steroid dienone is 1. The Kier molecular flexibility index (Phi) is 3.56. The molecule has 3 heteroatoms. The third kappa shape index (κ3) is 2.83. The second-order valence-corrected chi connectivity index (χ2v) is 5.11. The topological polar surface area (TPSA) is 24.9 Å². The molecular formula is C16H14N2S. The van der Waals surface area contributed by atoms with Gasteiger partial charge >= 0.3 is 0 Å². The van der Waals surface area contributed by atoms with E-state index in [1.807, 2.05) is 36.0 Å². The minimum Gasteiger partial charge on any atom is -0.362 e. The molecule has 4 rings (SSSR count). The summed E-state index contributed by atoms with van der Waals surface area (Å²) in [6.45, 7) is 0. The molecule has 2 nitrogen and oxygen atoms in total. The molecule has 2 aromatic carbocycles. The second kappa shape index (κ2) is 5.67. The lowest BCUT2D eigenvalue weighted by molar-refractivity contribution is 1.22. The summed E-state index contributed by atoms with van der Waals surface area (Å²) in [6, 6.07) is 16.5. The number of hydrogen-bond acceptors (Lipinski definition) is 3. The van der Waals surface area contributed by atoms with E-state index in [0.717, 1.165) is 11.9 Å². The van der Waals surface area contributed by atoms with Gasteiger partial charge in [0.15, 0.2) is 0 Å². The minimum absolute atomic E-state index is 1.06. The number of nitrogens with zero attached hydrogens (tertiary/aromatic N) is 1. The molecule has 0 spiro atoms. The molecule has 0 amide bonds. The van der Waals surface area contributed by atoms with Crippen LogP contribution in [0.15, 0.2) is 66.3 Å². The molecule has 0 unspecified atom stereocenters. The molecule has 1 aliphatic rings. The Bertz CT molecular complexity index is 643. The van der Waals surface area contributed by atoms with Crippen LogP contribution >= 0.6 is 11.3 Å². The highest BCUT2D eigenvalue weighted by Gasteiger charge is 2.00. The highest BCUT2D eigenvalue weighted by molar-refractivity contribution is 7.16. The van der Waals surface area contributed by atoms with Crippen LogP contribution in [0, 0.1) is 0 Å². The molecule has 19 heavy (non-hydrogen) atoms. The number of para-hydroxylation sites is 2. The van der Waals surface area contributed by atoms with Crippen molar-refractivity contribution in [1.29, 1.82) is 0 Å². The molecule has 0 fully saturated rings. The van der Waals surface area contributed by atoms with Crippen molar-refractivity contribution in [2.24, 2.45) is 0 Å². The van der Waals surface area contributed by atoms with Crippen LogP contribution in [0.3, 0.4) is 0 Å². The molecule has 1 aromatic heterocycles. The standard InChI is InChI=1S/C9H9N.C7H5NS/c1-2-6-9-8(4-1)5-3-7-10-9;1-2-4-7-6(3-1)8-5-9-7/h1-4,6-7,10H,5H2;1-5H. The first-order chi connectivity index (χ1) is 9.43. The number of thiazole rings is 1. The average Bonchev–Trinajstić information content (AvgIpc) is 2.96. The van der Waals surface area contributed by atoms with Crippen molar-refractivity contribution in [3.63, 3.8) is 0 Å². The Balaban J connectivity index is 0.000000117. The van der Waals surface area contributed by atoms with Gasteiger partial charge in [0, 0.05) is 5.69 Å². The molecule has 0 radical (unpaired) electrons. The van der Waals surface area contributed by atoms with Crippen molar-refractivity contribution >= 4 is 27.2 Å². The molecule has 3 aromatic rings. The fourth-order valence-electron chi connectivity index (χ4n) is 1.98. The highest BCUT2D eigenvalue weighted by atomic mass is 32.1. The van der Waals surface area contributed by atoms with E-state index in [2.05, 4.69) is 40.6 Å². The average molecular weight is 266 g/mol. The summed E-state index contributed by atoms with van der Waals surface area (Å²) < 4.78 is 1.26. The van der Waals surface area contributed by atoms with Gasteiger partial charge in [-0.3, -0.25) is 0 Å². The number of benzene rings is 2. The van der Waals surface area contributed by atoms with Crippen molar-refractivity contribution < 1.29 is 0 Å². The van der Waals surface area contributed by atoms with E-state index in [4.69, 9.17) is 0 Å². The Morgan fingerprint density at radius 2 is 1.84 bits per heavy atom. The van der Waals surface area contributed by atoms with Crippen LogP contribution in [0.2, 0.25) is 0 Å². The van der Waals surface area contributed by atoms with Crippen LogP contribution < -0.4 is 5.32 Å². The molecular weight excluding hydrogens is 252 g/mol. The maximum Gasteiger partial charge on any atom is 0.0812 e. The van der Waals surface area contributed by atoms with Crippen LogP contribution in [0.1, 0.15) is 5.56 Å². The normalized spacial score (nSPS) is 12.2. The summed E-state index contributed by atoms with van der Waals surface area (Å²) >= 11 is 1.68. The van der Waals surface area contributed by atoms with Crippen LogP contribution in [-0.4, -0.2) is 4.98 Å². The first-order valence-electron chi connectivity index (χ1n) is 6.21. The van der Waals surface area contributed by atoms with E-state index in [1.165, 1.54) is 16.0 Å². The number of nitrogens with one attached hydrogen (secondary N) is 1. The first-order valence-corrected chi connectivity index (χ1v) is 7.09. The van der Waals surface area contributed by atoms with Crippen molar-refractivity contribution in [3.8, 4) is 0 Å². The minimum atomic E-state index is 1.06. The molecule has 0 saturated heterocycles. The van der Waals surface area contributed by atoms with Crippen molar-refractivity contribution in [1.82, 2.24) is 4.98 Å². The van der Waals surface area contributed by atoms with Gasteiger partial charge in [-0.2, -0.15) is 0 Å². The number of hydrogen-bond donors (Lipinski definition) is 1. The Morgan fingerprint density at radius 1 is 1.00 bits per heavy atom. The molecule has 94 valence electrons. The van der Waals surface area contributed by atoms with Gasteiger partial charge in [-0.05, 0) is 36.4 Å². The summed E-state index contributed by atoms with van der Waals surface area (Å²) in [6.07, 6.45) is 5.17. The molecule has 1 N–H and O–H groups in total. The maximum atomic E-state index is 4.14. The predicted molar refractivity (Wildman–Crippen MR) is 82.5 cm³/mol. The van der Waals surface area contributed by atoms with E-state index in [-0.39, 0.29) is 0 Å². The molecule has 0 aliphatic carbocycles. The van der Waals surface area contributed by atoms with E-state index in [9.17, 15) is 0 Å². The molecule has 2 heterocycles. The number of aromatic nitrogens is 1. The SMILES string of the molecule is C1=CNc2ccccc2C1.c1ccc2scnc2c1. The van der Waals surface area contributed by atoms with Gasteiger partial charge in [0.1, 0.15) is 0 Å². The smallest absolute Gasteiger partial charge is 0.0812 e. The Morgan fingerprint density at radius 3 is 2.74 bits per heavy atom. The third-order valence-corrected chi connectivity index (χ3v) is 3.76.